The van der Waals surface area contributed by atoms with Crippen molar-refractivity contribution in [3.63, 3.8) is 0 Å². The minimum absolute atomic E-state index is 0. The molecule has 1 aromatic heterocycles. The highest BCUT2D eigenvalue weighted by Gasteiger charge is 2.24. The number of hydrogen-bond donors (Lipinski definition) is 2. The summed E-state index contributed by atoms with van der Waals surface area (Å²) in [6, 6.07) is -0.469. The molecule has 1 aliphatic rings. The third-order valence-corrected chi connectivity index (χ3v) is 5.03. The van der Waals surface area contributed by atoms with Gasteiger partial charge in [-0.25, -0.2) is 4.98 Å². The van der Waals surface area contributed by atoms with Gasteiger partial charge in [0.05, 0.1) is 11.7 Å². The number of aryl methyl sites for hydroxylation is 1. The predicted octanol–water partition coefficient (Wildman–Crippen LogP) is 3.39. The molecule has 1 amide bonds. The number of fused-ring (bicyclic) bond motifs is 1. The summed E-state index contributed by atoms with van der Waals surface area (Å²) >= 11 is 1.62. The number of nitrogens with two attached hydrogens (primary N) is 1. The van der Waals surface area contributed by atoms with Crippen LogP contribution in [0.3, 0.4) is 0 Å². The third kappa shape index (κ3) is 4.66. The van der Waals surface area contributed by atoms with E-state index in [1.54, 1.807) is 11.3 Å². The summed E-state index contributed by atoms with van der Waals surface area (Å²) in [6.45, 7) is 6.14. The second kappa shape index (κ2) is 8.11. The standard InChI is InChI=1S/C15H25N3OS.ClH/c1-4-5-10-6-7-11-12(8-10)20-15(17-11)18-14(19)13(16)9(2)3;/h9-10,13H,4-8,16H2,1-3H3,(H,17,18,19);1H/t10?,13-;/m0./s1. The van der Waals surface area contributed by atoms with Crippen LogP contribution in [0.25, 0.3) is 0 Å². The van der Waals surface area contributed by atoms with Gasteiger partial charge in [-0.2, -0.15) is 0 Å². The average molecular weight is 332 g/mol. The smallest absolute Gasteiger partial charge is 0.243 e. The van der Waals surface area contributed by atoms with Crippen molar-refractivity contribution in [2.75, 3.05) is 5.32 Å². The molecule has 1 unspecified atom stereocenters. The number of nitrogens with one attached hydrogen (secondary N) is 1. The van der Waals surface area contributed by atoms with E-state index < -0.39 is 6.04 Å². The first kappa shape index (κ1) is 18.4. The molecule has 1 aliphatic carbocycles. The zero-order valence-corrected chi connectivity index (χ0v) is 14.6. The number of carbonyl (C=O) groups excluding carboxylic acids is 1. The average Bonchev–Trinajstić information content (AvgIpc) is 2.79. The van der Waals surface area contributed by atoms with Crippen molar-refractivity contribution in [3.8, 4) is 0 Å². The van der Waals surface area contributed by atoms with Gasteiger partial charge in [-0.15, -0.1) is 23.7 Å². The van der Waals surface area contributed by atoms with E-state index in [4.69, 9.17) is 5.73 Å². The van der Waals surface area contributed by atoms with Gasteiger partial charge < -0.3 is 11.1 Å². The van der Waals surface area contributed by atoms with Gasteiger partial charge in [-0.1, -0.05) is 33.6 Å². The Balaban J connectivity index is 0.00000220. The molecule has 0 saturated heterocycles. The predicted molar refractivity (Wildman–Crippen MR) is 91.2 cm³/mol. The van der Waals surface area contributed by atoms with Crippen LogP contribution in [0.5, 0.6) is 0 Å². The fourth-order valence-corrected chi connectivity index (χ4v) is 3.77. The summed E-state index contributed by atoms with van der Waals surface area (Å²) in [5, 5.41) is 3.59. The maximum Gasteiger partial charge on any atom is 0.243 e. The first-order chi connectivity index (χ1) is 9.51. The van der Waals surface area contributed by atoms with Crippen molar-refractivity contribution < 1.29 is 4.79 Å². The van der Waals surface area contributed by atoms with Crippen LogP contribution in [-0.2, 0) is 17.6 Å². The lowest BCUT2D eigenvalue weighted by molar-refractivity contribution is -0.118. The molecule has 0 fully saturated rings. The number of carbonyl (C=O) groups is 1. The molecular weight excluding hydrogens is 306 g/mol. The molecule has 2 rings (SSSR count). The largest absolute Gasteiger partial charge is 0.320 e. The quantitative estimate of drug-likeness (QED) is 0.869. The first-order valence-corrected chi connectivity index (χ1v) is 8.38. The van der Waals surface area contributed by atoms with Crippen molar-refractivity contribution in [1.29, 1.82) is 0 Å². The van der Waals surface area contributed by atoms with Gasteiger partial charge in [0.2, 0.25) is 5.91 Å². The van der Waals surface area contributed by atoms with E-state index >= 15 is 0 Å². The molecule has 2 atom stereocenters. The van der Waals surface area contributed by atoms with Crippen molar-refractivity contribution in [2.45, 2.75) is 58.9 Å². The summed E-state index contributed by atoms with van der Waals surface area (Å²) in [6.07, 6.45) is 5.92. The number of rotatable bonds is 5. The molecule has 1 aromatic rings. The fraction of sp³-hybridized carbons (Fsp3) is 0.733. The summed E-state index contributed by atoms with van der Waals surface area (Å²) < 4.78 is 0. The van der Waals surface area contributed by atoms with Crippen molar-refractivity contribution in [2.24, 2.45) is 17.6 Å². The number of aromatic nitrogens is 1. The Morgan fingerprint density at radius 3 is 2.86 bits per heavy atom. The number of hydrogen-bond acceptors (Lipinski definition) is 4. The van der Waals surface area contributed by atoms with Crippen LogP contribution in [0.1, 0.15) is 50.6 Å². The van der Waals surface area contributed by atoms with Gasteiger partial charge in [-0.3, -0.25) is 4.79 Å². The van der Waals surface area contributed by atoms with E-state index in [1.165, 1.54) is 29.8 Å². The van der Waals surface area contributed by atoms with E-state index in [1.807, 2.05) is 13.8 Å². The molecule has 0 spiro atoms. The van der Waals surface area contributed by atoms with E-state index in [0.717, 1.165) is 18.8 Å². The van der Waals surface area contributed by atoms with E-state index in [-0.39, 0.29) is 24.2 Å². The van der Waals surface area contributed by atoms with Gasteiger partial charge in [-0.05, 0) is 31.1 Å². The van der Waals surface area contributed by atoms with Gasteiger partial charge in [0.15, 0.2) is 5.13 Å². The van der Waals surface area contributed by atoms with Crippen LogP contribution in [0.4, 0.5) is 5.13 Å². The normalized spacial score (nSPS) is 18.8. The number of halogens is 1. The Bertz CT molecular complexity index is 475. The Morgan fingerprint density at radius 2 is 2.24 bits per heavy atom. The summed E-state index contributed by atoms with van der Waals surface area (Å²) in [5.74, 6) is 0.796. The molecule has 6 heteroatoms. The van der Waals surface area contributed by atoms with Crippen LogP contribution in [-0.4, -0.2) is 16.9 Å². The number of nitrogens with zero attached hydrogens (tertiary/aromatic N) is 1. The minimum Gasteiger partial charge on any atom is -0.320 e. The second-order valence-corrected chi connectivity index (χ2v) is 7.13. The minimum atomic E-state index is -0.469. The molecule has 4 nitrogen and oxygen atoms in total. The molecule has 1 heterocycles. The molecule has 21 heavy (non-hydrogen) atoms. The second-order valence-electron chi connectivity index (χ2n) is 6.05. The summed E-state index contributed by atoms with van der Waals surface area (Å²) in [4.78, 5) is 17.9. The number of amides is 1. The Labute approximate surface area is 137 Å². The molecular formula is C15H26ClN3OS. The van der Waals surface area contributed by atoms with Crippen LogP contribution in [0, 0.1) is 11.8 Å². The maximum absolute atomic E-state index is 12.0. The molecule has 120 valence electrons. The van der Waals surface area contributed by atoms with E-state index in [2.05, 4.69) is 17.2 Å². The lowest BCUT2D eigenvalue weighted by Gasteiger charge is -2.19. The van der Waals surface area contributed by atoms with E-state index in [9.17, 15) is 4.79 Å². The van der Waals surface area contributed by atoms with Crippen molar-refractivity contribution in [1.82, 2.24) is 4.98 Å². The third-order valence-electron chi connectivity index (χ3n) is 3.99. The van der Waals surface area contributed by atoms with E-state index in [0.29, 0.717) is 5.13 Å². The maximum atomic E-state index is 12.0. The van der Waals surface area contributed by atoms with Crippen LogP contribution in [0.15, 0.2) is 0 Å². The van der Waals surface area contributed by atoms with Crippen LogP contribution >= 0.6 is 23.7 Å². The Kier molecular flexibility index (Phi) is 7.10. The number of thiazole rings is 1. The highest BCUT2D eigenvalue weighted by atomic mass is 35.5. The Hall–Kier alpha value is -0.650. The molecule has 0 radical (unpaired) electrons. The zero-order valence-electron chi connectivity index (χ0n) is 13.0. The van der Waals surface area contributed by atoms with Gasteiger partial charge in [0.25, 0.3) is 0 Å². The molecule has 3 N–H and O–H groups in total. The number of anilines is 1. The molecule has 0 bridgehead atoms. The fourth-order valence-electron chi connectivity index (χ4n) is 2.64. The molecule has 0 aromatic carbocycles. The van der Waals surface area contributed by atoms with Gasteiger partial charge in [0.1, 0.15) is 0 Å². The molecule has 0 saturated carbocycles. The van der Waals surface area contributed by atoms with Crippen molar-refractivity contribution >= 4 is 34.8 Å². The lowest BCUT2D eigenvalue weighted by Crippen LogP contribution is -2.39. The van der Waals surface area contributed by atoms with Crippen LogP contribution < -0.4 is 11.1 Å². The lowest BCUT2D eigenvalue weighted by atomic mass is 9.88. The SMILES string of the molecule is CCCC1CCc2nc(NC(=O)[C@@H](N)C(C)C)sc2C1.Cl. The summed E-state index contributed by atoms with van der Waals surface area (Å²) in [5.41, 5.74) is 7.03. The van der Waals surface area contributed by atoms with Gasteiger partial charge >= 0.3 is 0 Å². The summed E-state index contributed by atoms with van der Waals surface area (Å²) in [7, 11) is 0. The monoisotopic (exact) mass is 331 g/mol. The molecule has 0 aliphatic heterocycles. The van der Waals surface area contributed by atoms with Crippen LogP contribution in [0.2, 0.25) is 0 Å². The highest BCUT2D eigenvalue weighted by Crippen LogP contribution is 2.34. The highest BCUT2D eigenvalue weighted by molar-refractivity contribution is 7.15. The first-order valence-electron chi connectivity index (χ1n) is 7.56. The Morgan fingerprint density at radius 1 is 1.52 bits per heavy atom. The zero-order chi connectivity index (χ0) is 14.7. The van der Waals surface area contributed by atoms with Gasteiger partial charge in [0, 0.05) is 4.88 Å². The van der Waals surface area contributed by atoms with Crippen molar-refractivity contribution in [3.05, 3.63) is 10.6 Å². The topological polar surface area (TPSA) is 68.0 Å².